The summed E-state index contributed by atoms with van der Waals surface area (Å²) < 4.78 is 0. The molecule has 0 aromatic carbocycles. The maximum Gasteiger partial charge on any atom is 0.207 e. The lowest BCUT2D eigenvalue weighted by Crippen LogP contribution is -2.31. The van der Waals surface area contributed by atoms with E-state index in [1.54, 1.807) is 13.2 Å². The molecule has 0 aliphatic carbocycles. The van der Waals surface area contributed by atoms with Gasteiger partial charge in [0.15, 0.2) is 12.0 Å². The van der Waals surface area contributed by atoms with Crippen molar-refractivity contribution in [2.45, 2.75) is 6.92 Å². The number of aliphatic imine (C=N–C) groups is 1. The average molecular weight is 242 g/mol. The molecule has 6 nitrogen and oxygen atoms in total. The number of hydrogen-bond acceptors (Lipinski definition) is 5. The van der Waals surface area contributed by atoms with Crippen molar-refractivity contribution in [3.05, 3.63) is 0 Å². The number of Topliss-reactive ketones (excluding diaryl/α,β-unsaturated/α-hetero) is 2. The maximum absolute atomic E-state index is 10.9. The highest BCUT2D eigenvalue weighted by Gasteiger charge is 2.06. The number of thioether (sulfide) groups is 1. The Balaban J connectivity index is 3.71. The van der Waals surface area contributed by atoms with Crippen molar-refractivity contribution >= 4 is 29.3 Å². The highest BCUT2D eigenvalue weighted by molar-refractivity contribution is 8.00. The molecule has 0 aliphatic heterocycles. The van der Waals surface area contributed by atoms with Gasteiger partial charge in [-0.2, -0.15) is 17.0 Å². The number of nitrogens with one attached hydrogen (secondary N) is 2. The van der Waals surface area contributed by atoms with Crippen LogP contribution in [0.2, 0.25) is 0 Å². The Morgan fingerprint density at radius 1 is 1.50 bits per heavy atom. The number of nitriles is 1. The van der Waals surface area contributed by atoms with E-state index < -0.39 is 5.78 Å². The summed E-state index contributed by atoms with van der Waals surface area (Å²) in [5.41, 5.74) is 0. The number of carbonyl (C=O) groups excluding carboxylic acids is 2. The van der Waals surface area contributed by atoms with Crippen LogP contribution in [0.4, 0.5) is 0 Å². The summed E-state index contributed by atoms with van der Waals surface area (Å²) in [5.74, 6) is 0.403. The SMILES string of the molecule is CN/C(=N/CCSCC(=O)C(C)=O)NC#N. The summed E-state index contributed by atoms with van der Waals surface area (Å²) in [4.78, 5) is 25.6. The highest BCUT2D eigenvalue weighted by Crippen LogP contribution is 1.99. The van der Waals surface area contributed by atoms with E-state index in [0.29, 0.717) is 18.3 Å². The van der Waals surface area contributed by atoms with Crippen molar-refractivity contribution in [2.24, 2.45) is 4.99 Å². The quantitative estimate of drug-likeness (QED) is 0.163. The molecule has 0 aromatic heterocycles. The van der Waals surface area contributed by atoms with E-state index >= 15 is 0 Å². The Bertz CT molecular complexity index is 322. The van der Waals surface area contributed by atoms with Gasteiger partial charge >= 0.3 is 0 Å². The summed E-state index contributed by atoms with van der Waals surface area (Å²) in [6, 6.07) is 0. The van der Waals surface area contributed by atoms with Crippen LogP contribution >= 0.6 is 11.8 Å². The topological polar surface area (TPSA) is 94.3 Å². The lowest BCUT2D eigenvalue weighted by molar-refractivity contribution is -0.133. The van der Waals surface area contributed by atoms with E-state index in [9.17, 15) is 9.59 Å². The molecule has 0 bridgehead atoms. The third-order valence-corrected chi connectivity index (χ3v) is 2.48. The molecule has 0 fully saturated rings. The molecular formula is C9H14N4O2S. The summed E-state index contributed by atoms with van der Waals surface area (Å²) >= 11 is 1.34. The van der Waals surface area contributed by atoms with Crippen LogP contribution in [-0.4, -0.2) is 42.6 Å². The van der Waals surface area contributed by atoms with Crippen LogP contribution in [0.25, 0.3) is 0 Å². The van der Waals surface area contributed by atoms with Crippen molar-refractivity contribution in [1.82, 2.24) is 10.6 Å². The van der Waals surface area contributed by atoms with Gasteiger partial charge in [-0.15, -0.1) is 0 Å². The van der Waals surface area contributed by atoms with Crippen LogP contribution in [0.5, 0.6) is 0 Å². The zero-order chi connectivity index (χ0) is 12.4. The standard InChI is InChI=1S/C9H14N4O2S/c1-7(14)8(15)5-16-4-3-12-9(11-2)13-6-10/h3-5H2,1-2H3,(H2,11,12,13). The van der Waals surface area contributed by atoms with Crippen molar-refractivity contribution in [2.75, 3.05) is 25.1 Å². The van der Waals surface area contributed by atoms with Crippen LogP contribution < -0.4 is 10.6 Å². The van der Waals surface area contributed by atoms with Crippen LogP contribution in [0.1, 0.15) is 6.92 Å². The molecule has 0 rings (SSSR count). The van der Waals surface area contributed by atoms with E-state index in [-0.39, 0.29) is 11.5 Å². The van der Waals surface area contributed by atoms with E-state index in [4.69, 9.17) is 5.26 Å². The van der Waals surface area contributed by atoms with Gasteiger partial charge in [0, 0.05) is 19.7 Å². The molecule has 0 atom stereocenters. The molecule has 0 heterocycles. The molecule has 88 valence electrons. The monoisotopic (exact) mass is 242 g/mol. The van der Waals surface area contributed by atoms with Crippen molar-refractivity contribution in [3.63, 3.8) is 0 Å². The summed E-state index contributed by atoms with van der Waals surface area (Å²) in [7, 11) is 1.65. The predicted molar refractivity (Wildman–Crippen MR) is 63.1 cm³/mol. The molecule has 0 saturated carbocycles. The zero-order valence-corrected chi connectivity index (χ0v) is 10.1. The fourth-order valence-electron chi connectivity index (χ4n) is 0.723. The average Bonchev–Trinajstić information content (AvgIpc) is 2.26. The molecule has 0 spiro atoms. The minimum absolute atomic E-state index is 0.186. The summed E-state index contributed by atoms with van der Waals surface area (Å²) in [5, 5.41) is 13.4. The Morgan fingerprint density at radius 2 is 2.19 bits per heavy atom. The molecule has 0 radical (unpaired) electrons. The van der Waals surface area contributed by atoms with Gasteiger partial charge in [-0.05, 0) is 0 Å². The zero-order valence-electron chi connectivity index (χ0n) is 9.24. The number of carbonyl (C=O) groups is 2. The maximum atomic E-state index is 10.9. The molecule has 16 heavy (non-hydrogen) atoms. The number of rotatable bonds is 6. The van der Waals surface area contributed by atoms with Gasteiger partial charge in [-0.1, -0.05) is 0 Å². The third kappa shape index (κ3) is 6.84. The number of hydrogen-bond donors (Lipinski definition) is 2. The minimum atomic E-state index is -0.418. The number of ketones is 2. The van der Waals surface area contributed by atoms with Gasteiger partial charge in [0.25, 0.3) is 0 Å². The fraction of sp³-hybridized carbons (Fsp3) is 0.556. The smallest absolute Gasteiger partial charge is 0.207 e. The van der Waals surface area contributed by atoms with Gasteiger partial charge in [0.2, 0.25) is 11.7 Å². The second kappa shape index (κ2) is 8.73. The van der Waals surface area contributed by atoms with Crippen LogP contribution in [0.15, 0.2) is 4.99 Å². The van der Waals surface area contributed by atoms with Gasteiger partial charge < -0.3 is 5.32 Å². The predicted octanol–water partition coefficient (Wildman–Crippen LogP) is -0.476. The molecule has 0 aliphatic rings. The van der Waals surface area contributed by atoms with Crippen molar-refractivity contribution in [3.8, 4) is 6.19 Å². The first-order valence-corrected chi connectivity index (χ1v) is 5.76. The van der Waals surface area contributed by atoms with E-state index in [0.717, 1.165) is 0 Å². The normalized spacial score (nSPS) is 10.4. The second-order valence-corrected chi connectivity index (χ2v) is 3.85. The van der Waals surface area contributed by atoms with Gasteiger partial charge in [-0.25, -0.2) is 0 Å². The van der Waals surface area contributed by atoms with Crippen molar-refractivity contribution < 1.29 is 9.59 Å². The van der Waals surface area contributed by atoms with E-state index in [1.807, 2.05) is 0 Å². The summed E-state index contributed by atoms with van der Waals surface area (Å²) in [6.07, 6.45) is 1.74. The highest BCUT2D eigenvalue weighted by atomic mass is 32.2. The lowest BCUT2D eigenvalue weighted by atomic mass is 10.3. The molecule has 2 N–H and O–H groups in total. The first-order chi connectivity index (χ1) is 7.61. The Kier molecular flexibility index (Phi) is 7.89. The molecule has 0 aromatic rings. The first kappa shape index (κ1) is 14.5. The van der Waals surface area contributed by atoms with Gasteiger partial charge in [-0.3, -0.25) is 19.9 Å². The number of guanidine groups is 1. The Hall–Kier alpha value is -1.55. The Morgan fingerprint density at radius 3 is 2.69 bits per heavy atom. The number of nitrogens with zero attached hydrogens (tertiary/aromatic N) is 2. The lowest BCUT2D eigenvalue weighted by Gasteiger charge is -2.01. The van der Waals surface area contributed by atoms with Crippen LogP contribution in [0, 0.1) is 11.5 Å². The largest absolute Gasteiger partial charge is 0.359 e. The third-order valence-electron chi connectivity index (χ3n) is 1.54. The molecule has 0 saturated heterocycles. The van der Waals surface area contributed by atoms with Crippen LogP contribution in [0.3, 0.4) is 0 Å². The fourth-order valence-corrected chi connectivity index (χ4v) is 1.48. The van der Waals surface area contributed by atoms with E-state index in [1.165, 1.54) is 18.7 Å². The second-order valence-electron chi connectivity index (χ2n) is 2.75. The van der Waals surface area contributed by atoms with Gasteiger partial charge in [0.1, 0.15) is 0 Å². The first-order valence-electron chi connectivity index (χ1n) is 4.60. The Labute approximate surface area is 98.5 Å². The van der Waals surface area contributed by atoms with E-state index in [2.05, 4.69) is 15.6 Å². The minimum Gasteiger partial charge on any atom is -0.359 e. The molecular weight excluding hydrogens is 228 g/mol. The molecule has 7 heteroatoms. The van der Waals surface area contributed by atoms with Crippen LogP contribution in [-0.2, 0) is 9.59 Å². The van der Waals surface area contributed by atoms with Gasteiger partial charge in [0.05, 0.1) is 12.3 Å². The molecule has 0 amide bonds. The molecule has 0 unspecified atom stereocenters. The van der Waals surface area contributed by atoms with Crippen molar-refractivity contribution in [1.29, 1.82) is 5.26 Å². The summed E-state index contributed by atoms with van der Waals surface area (Å²) in [6.45, 7) is 1.73.